The molecule has 164 valence electrons. The molecule has 0 fully saturated rings. The first kappa shape index (κ1) is 22.0. The van der Waals surface area contributed by atoms with E-state index in [4.69, 9.17) is 16.3 Å². The Morgan fingerprint density at radius 3 is 2.84 bits per heavy atom. The molecule has 0 bridgehead atoms. The Bertz CT molecular complexity index is 1330. The van der Waals surface area contributed by atoms with Gasteiger partial charge in [0, 0.05) is 18.6 Å². The standard InChI is InChI=1S/C23H22ClN5O2S/c1-4-31-21-15-10-14(8-9-18(15)27-22(25-3)29-21)11-19-20(30)28-23(32-19)26-12-16-13(2)6-5-7-17(16)24/h5-11,30H,4,12H2,1-3H3,(H,26,28)/b14-11-,25-22?. The molecule has 1 aliphatic rings. The van der Waals surface area contributed by atoms with Crippen molar-refractivity contribution in [3.05, 3.63) is 73.6 Å². The number of anilines is 1. The summed E-state index contributed by atoms with van der Waals surface area (Å²) in [6.07, 6.45) is 1.87. The maximum atomic E-state index is 10.4. The third kappa shape index (κ3) is 4.66. The molecule has 32 heavy (non-hydrogen) atoms. The molecule has 2 aromatic carbocycles. The van der Waals surface area contributed by atoms with Crippen LogP contribution in [0.15, 0.2) is 51.4 Å². The van der Waals surface area contributed by atoms with Gasteiger partial charge in [-0.15, -0.1) is 0 Å². The number of aromatic hydroxyl groups is 1. The molecule has 0 aliphatic carbocycles. The second kappa shape index (κ2) is 9.50. The number of hydrogen-bond acceptors (Lipinski definition) is 6. The van der Waals surface area contributed by atoms with Crippen LogP contribution in [0, 0.1) is 6.92 Å². The molecule has 0 atom stereocenters. The van der Waals surface area contributed by atoms with Crippen LogP contribution in [-0.2, 0) is 11.3 Å². The predicted molar refractivity (Wildman–Crippen MR) is 130 cm³/mol. The number of thiazole rings is 1. The highest BCUT2D eigenvalue weighted by Gasteiger charge is 2.15. The summed E-state index contributed by atoms with van der Waals surface area (Å²) in [6.45, 7) is 4.92. The summed E-state index contributed by atoms with van der Waals surface area (Å²) in [5.41, 5.74) is 2.88. The monoisotopic (exact) mass is 467 g/mol. The van der Waals surface area contributed by atoms with Gasteiger partial charge in [0.05, 0.1) is 22.4 Å². The van der Waals surface area contributed by atoms with Gasteiger partial charge in [-0.1, -0.05) is 41.1 Å². The normalized spacial score (nSPS) is 14.7. The van der Waals surface area contributed by atoms with Crippen LogP contribution >= 0.6 is 22.9 Å². The van der Waals surface area contributed by atoms with E-state index in [2.05, 4.69) is 25.3 Å². The molecular formula is C23H22ClN5O2S. The van der Waals surface area contributed by atoms with Gasteiger partial charge >= 0.3 is 0 Å². The van der Waals surface area contributed by atoms with E-state index in [1.165, 1.54) is 11.3 Å². The van der Waals surface area contributed by atoms with Crippen LogP contribution in [0.25, 0.3) is 6.08 Å². The van der Waals surface area contributed by atoms with Crippen LogP contribution in [0.3, 0.4) is 0 Å². The number of guanidine groups is 1. The molecule has 0 unspecified atom stereocenters. The van der Waals surface area contributed by atoms with E-state index < -0.39 is 0 Å². The highest BCUT2D eigenvalue weighted by molar-refractivity contribution is 7.16. The van der Waals surface area contributed by atoms with Gasteiger partial charge in [-0.3, -0.25) is 4.99 Å². The van der Waals surface area contributed by atoms with Gasteiger partial charge in [-0.2, -0.15) is 9.98 Å². The third-order valence-corrected chi connectivity index (χ3v) is 6.16. The first-order valence-corrected chi connectivity index (χ1v) is 11.2. The molecule has 7 nitrogen and oxygen atoms in total. The maximum absolute atomic E-state index is 10.4. The minimum Gasteiger partial charge on any atom is -0.492 e. The van der Waals surface area contributed by atoms with Crippen molar-refractivity contribution in [3.8, 4) is 5.88 Å². The summed E-state index contributed by atoms with van der Waals surface area (Å²) in [7, 11) is 1.64. The summed E-state index contributed by atoms with van der Waals surface area (Å²) < 4.78 is 5.68. The number of aryl methyl sites for hydroxylation is 1. The van der Waals surface area contributed by atoms with Crippen molar-refractivity contribution in [2.75, 3.05) is 19.0 Å². The highest BCUT2D eigenvalue weighted by Crippen LogP contribution is 2.29. The molecular weight excluding hydrogens is 446 g/mol. The smallest absolute Gasteiger partial charge is 0.248 e. The van der Waals surface area contributed by atoms with Crippen molar-refractivity contribution in [2.24, 2.45) is 15.0 Å². The molecule has 2 heterocycles. The van der Waals surface area contributed by atoms with Gasteiger partial charge in [-0.05, 0) is 54.5 Å². The van der Waals surface area contributed by atoms with Crippen molar-refractivity contribution in [3.63, 3.8) is 0 Å². The summed E-state index contributed by atoms with van der Waals surface area (Å²) in [6, 6.07) is 11.5. The van der Waals surface area contributed by atoms with Crippen molar-refractivity contribution >= 4 is 46.0 Å². The Morgan fingerprint density at radius 2 is 2.09 bits per heavy atom. The van der Waals surface area contributed by atoms with Gasteiger partial charge in [0.1, 0.15) is 0 Å². The summed E-state index contributed by atoms with van der Waals surface area (Å²) in [4.78, 5) is 17.7. The number of benzene rings is 2. The fourth-order valence-electron chi connectivity index (χ4n) is 3.24. The first-order chi connectivity index (χ1) is 15.5. The van der Waals surface area contributed by atoms with E-state index in [1.54, 1.807) is 7.05 Å². The zero-order chi connectivity index (χ0) is 22.7. The van der Waals surface area contributed by atoms with Crippen LogP contribution in [0.5, 0.6) is 5.88 Å². The number of nitrogens with one attached hydrogen (secondary N) is 1. The molecule has 3 aromatic rings. The van der Waals surface area contributed by atoms with E-state index in [0.717, 1.165) is 27.3 Å². The van der Waals surface area contributed by atoms with Gasteiger partial charge in [-0.25, -0.2) is 4.99 Å². The molecule has 1 aromatic heterocycles. The largest absolute Gasteiger partial charge is 0.492 e. The number of aliphatic imine (C=N–C) groups is 2. The molecule has 0 saturated carbocycles. The van der Waals surface area contributed by atoms with Gasteiger partial charge < -0.3 is 15.2 Å². The van der Waals surface area contributed by atoms with E-state index in [0.29, 0.717) is 40.0 Å². The number of halogens is 1. The quantitative estimate of drug-likeness (QED) is 0.599. The molecule has 2 N–H and O–H groups in total. The average molecular weight is 468 g/mol. The average Bonchev–Trinajstić information content (AvgIpc) is 3.12. The van der Waals surface area contributed by atoms with Crippen molar-refractivity contribution in [2.45, 2.75) is 20.4 Å². The van der Waals surface area contributed by atoms with Crippen LogP contribution in [0.2, 0.25) is 5.02 Å². The lowest BCUT2D eigenvalue weighted by Gasteiger charge is -2.11. The Morgan fingerprint density at radius 1 is 1.25 bits per heavy atom. The highest BCUT2D eigenvalue weighted by atomic mass is 35.5. The van der Waals surface area contributed by atoms with Gasteiger partial charge in [0.2, 0.25) is 17.7 Å². The SMILES string of the molecule is CCOC1=NC(=NC)N=c2cc/c(=C/c3sc(NCc4c(C)cccc4Cl)nc3O)cc21. The summed E-state index contributed by atoms with van der Waals surface area (Å²) in [5.74, 6) is 0.830. The zero-order valence-electron chi connectivity index (χ0n) is 17.9. The summed E-state index contributed by atoms with van der Waals surface area (Å²) in [5, 5.41) is 16.5. The number of rotatable bonds is 5. The number of aromatic nitrogens is 1. The van der Waals surface area contributed by atoms with E-state index >= 15 is 0 Å². The molecule has 0 amide bonds. The minimum absolute atomic E-state index is 0.0325. The maximum Gasteiger partial charge on any atom is 0.248 e. The van der Waals surface area contributed by atoms with Crippen molar-refractivity contribution < 1.29 is 9.84 Å². The van der Waals surface area contributed by atoms with Crippen LogP contribution in [-0.4, -0.2) is 35.6 Å². The number of fused-ring (bicyclic) bond motifs is 1. The Balaban J connectivity index is 1.62. The first-order valence-electron chi connectivity index (χ1n) is 10.0. The minimum atomic E-state index is -0.0325. The fraction of sp³-hybridized carbons (Fsp3) is 0.217. The predicted octanol–water partition coefficient (Wildman–Crippen LogP) is 3.65. The Hall–Kier alpha value is -3.23. The molecule has 0 saturated heterocycles. The Kier molecular flexibility index (Phi) is 6.53. The number of nitrogens with zero attached hydrogens (tertiary/aromatic N) is 4. The van der Waals surface area contributed by atoms with Crippen LogP contribution in [0.1, 0.15) is 28.5 Å². The fourth-order valence-corrected chi connectivity index (χ4v) is 4.35. The molecule has 9 heteroatoms. The van der Waals surface area contributed by atoms with E-state index in [9.17, 15) is 5.11 Å². The van der Waals surface area contributed by atoms with Crippen molar-refractivity contribution in [1.29, 1.82) is 0 Å². The van der Waals surface area contributed by atoms with Crippen LogP contribution < -0.4 is 15.9 Å². The third-order valence-electron chi connectivity index (χ3n) is 4.86. The molecule has 0 spiro atoms. The second-order valence-electron chi connectivity index (χ2n) is 7.00. The van der Waals surface area contributed by atoms with E-state index in [1.807, 2.05) is 56.3 Å². The Labute approximate surface area is 194 Å². The lowest BCUT2D eigenvalue weighted by Crippen LogP contribution is -2.27. The van der Waals surface area contributed by atoms with Gasteiger partial charge in [0.15, 0.2) is 5.13 Å². The zero-order valence-corrected chi connectivity index (χ0v) is 19.5. The lowest BCUT2D eigenvalue weighted by molar-refractivity contribution is 0.328. The topological polar surface area (TPSA) is 91.5 Å². The number of hydrogen-bond donors (Lipinski definition) is 2. The lowest BCUT2D eigenvalue weighted by atomic mass is 10.1. The second-order valence-corrected chi connectivity index (χ2v) is 8.44. The van der Waals surface area contributed by atoms with Crippen molar-refractivity contribution in [1.82, 2.24) is 4.98 Å². The number of ether oxygens (including phenoxy) is 1. The summed E-state index contributed by atoms with van der Waals surface area (Å²) >= 11 is 7.67. The van der Waals surface area contributed by atoms with Crippen LogP contribution in [0.4, 0.5) is 5.13 Å². The van der Waals surface area contributed by atoms with E-state index in [-0.39, 0.29) is 5.88 Å². The molecule has 1 aliphatic heterocycles. The molecule has 0 radical (unpaired) electrons. The van der Waals surface area contributed by atoms with Gasteiger partial charge in [0.25, 0.3) is 0 Å². The molecule has 4 rings (SSSR count).